The van der Waals surface area contributed by atoms with Gasteiger partial charge in [-0.2, -0.15) is 0 Å². The number of carbonyl (C=O) groups is 1. The SMILES string of the molecule is Cn1nc(C(=O)NCC(C)(C)Cc2c(F)cc(F)cc2F)[nH]c1=O. The third kappa shape index (κ3) is 4.03. The minimum absolute atomic E-state index is 0.0516. The van der Waals surface area contributed by atoms with Gasteiger partial charge in [-0.05, 0) is 11.8 Å². The molecule has 0 spiro atoms. The molecule has 0 radical (unpaired) electrons. The van der Waals surface area contributed by atoms with Crippen molar-refractivity contribution >= 4 is 5.91 Å². The average Bonchev–Trinajstić information content (AvgIpc) is 2.80. The lowest BCUT2D eigenvalue weighted by atomic mass is 9.85. The Bertz CT molecular complexity index is 803. The second kappa shape index (κ2) is 6.50. The van der Waals surface area contributed by atoms with Crippen molar-refractivity contribution in [1.29, 1.82) is 0 Å². The van der Waals surface area contributed by atoms with Crippen LogP contribution in [0.5, 0.6) is 0 Å². The van der Waals surface area contributed by atoms with E-state index in [0.717, 1.165) is 4.68 Å². The van der Waals surface area contributed by atoms with Gasteiger partial charge in [0.25, 0.3) is 5.91 Å². The second-order valence-electron chi connectivity index (χ2n) is 6.27. The lowest BCUT2D eigenvalue weighted by molar-refractivity contribution is 0.0925. The van der Waals surface area contributed by atoms with Gasteiger partial charge in [0.15, 0.2) is 0 Å². The van der Waals surface area contributed by atoms with Gasteiger partial charge < -0.3 is 5.32 Å². The highest BCUT2D eigenvalue weighted by Gasteiger charge is 2.25. The minimum atomic E-state index is -0.987. The molecule has 2 rings (SSSR count). The van der Waals surface area contributed by atoms with E-state index in [-0.39, 0.29) is 24.4 Å². The van der Waals surface area contributed by atoms with Crippen LogP contribution in [-0.4, -0.2) is 27.2 Å². The molecule has 2 aromatic rings. The first-order valence-electron chi connectivity index (χ1n) is 7.14. The van der Waals surface area contributed by atoms with E-state index in [0.29, 0.717) is 12.1 Å². The van der Waals surface area contributed by atoms with Crippen molar-refractivity contribution in [2.45, 2.75) is 20.3 Å². The summed E-state index contributed by atoms with van der Waals surface area (Å²) in [5.41, 5.74) is -1.50. The highest BCUT2D eigenvalue weighted by Crippen LogP contribution is 2.25. The summed E-state index contributed by atoms with van der Waals surface area (Å²) in [6.07, 6.45) is -0.0516. The number of nitrogens with zero attached hydrogens (tertiary/aromatic N) is 2. The number of aromatic amines is 1. The van der Waals surface area contributed by atoms with Crippen molar-refractivity contribution in [1.82, 2.24) is 20.1 Å². The number of hydrogen-bond donors (Lipinski definition) is 2. The Morgan fingerprint density at radius 1 is 1.29 bits per heavy atom. The summed E-state index contributed by atoms with van der Waals surface area (Å²) in [5.74, 6) is -3.70. The molecule has 130 valence electrons. The maximum atomic E-state index is 13.7. The third-order valence-electron chi connectivity index (χ3n) is 3.47. The van der Waals surface area contributed by atoms with Crippen LogP contribution in [0.15, 0.2) is 16.9 Å². The van der Waals surface area contributed by atoms with Gasteiger partial charge in [-0.1, -0.05) is 13.8 Å². The molecule has 0 fully saturated rings. The molecule has 2 N–H and O–H groups in total. The normalized spacial score (nSPS) is 11.6. The summed E-state index contributed by atoms with van der Waals surface area (Å²) in [4.78, 5) is 25.5. The number of aryl methyl sites for hydroxylation is 1. The molecular formula is C15H17F3N4O2. The maximum absolute atomic E-state index is 13.7. The predicted molar refractivity (Wildman–Crippen MR) is 80.0 cm³/mol. The zero-order valence-electron chi connectivity index (χ0n) is 13.4. The minimum Gasteiger partial charge on any atom is -0.349 e. The number of benzene rings is 1. The first-order valence-corrected chi connectivity index (χ1v) is 7.14. The maximum Gasteiger partial charge on any atom is 0.343 e. The Morgan fingerprint density at radius 3 is 2.38 bits per heavy atom. The Hall–Kier alpha value is -2.58. The standard InChI is InChI=1S/C15H17F3N4O2/c1-15(2,6-9-10(17)4-8(16)5-11(9)18)7-19-13(23)12-20-14(24)22(3)21-12/h4-5H,6-7H2,1-3H3,(H,19,23)(H,20,21,24). The summed E-state index contributed by atoms with van der Waals surface area (Å²) in [6.45, 7) is 3.45. The first kappa shape index (κ1) is 17.8. The third-order valence-corrected chi connectivity index (χ3v) is 3.47. The van der Waals surface area contributed by atoms with E-state index >= 15 is 0 Å². The molecular weight excluding hydrogens is 325 g/mol. The molecule has 1 amide bonds. The molecule has 1 aromatic heterocycles. The summed E-state index contributed by atoms with van der Waals surface area (Å²) in [5, 5.41) is 6.25. The van der Waals surface area contributed by atoms with Crippen LogP contribution in [0.3, 0.4) is 0 Å². The molecule has 0 aliphatic heterocycles. The summed E-state index contributed by atoms with van der Waals surface area (Å²) in [7, 11) is 1.39. The van der Waals surface area contributed by atoms with Crippen molar-refractivity contribution in [3.8, 4) is 0 Å². The van der Waals surface area contributed by atoms with Gasteiger partial charge >= 0.3 is 5.69 Å². The number of carbonyl (C=O) groups excluding carboxylic acids is 1. The van der Waals surface area contributed by atoms with E-state index in [4.69, 9.17) is 0 Å². The molecule has 0 saturated carbocycles. The summed E-state index contributed by atoms with van der Waals surface area (Å²) in [6, 6.07) is 1.23. The van der Waals surface area contributed by atoms with E-state index in [1.165, 1.54) is 7.05 Å². The van der Waals surface area contributed by atoms with Crippen molar-refractivity contribution in [3.05, 3.63) is 51.5 Å². The number of H-pyrrole nitrogens is 1. The average molecular weight is 342 g/mol. The Morgan fingerprint density at radius 2 is 1.88 bits per heavy atom. The van der Waals surface area contributed by atoms with Crippen LogP contribution in [0.25, 0.3) is 0 Å². The molecule has 0 aliphatic rings. The van der Waals surface area contributed by atoms with Gasteiger partial charge in [0.1, 0.15) is 17.5 Å². The van der Waals surface area contributed by atoms with Crippen LogP contribution < -0.4 is 11.0 Å². The molecule has 6 nitrogen and oxygen atoms in total. The number of nitrogens with one attached hydrogen (secondary N) is 2. The summed E-state index contributed by atoms with van der Waals surface area (Å²) < 4.78 is 41.4. The van der Waals surface area contributed by atoms with E-state index in [1.54, 1.807) is 13.8 Å². The zero-order valence-corrected chi connectivity index (χ0v) is 13.4. The van der Waals surface area contributed by atoms with Crippen molar-refractivity contribution < 1.29 is 18.0 Å². The number of amides is 1. The molecule has 0 unspecified atom stereocenters. The van der Waals surface area contributed by atoms with Crippen LogP contribution in [0.4, 0.5) is 13.2 Å². The van der Waals surface area contributed by atoms with Crippen LogP contribution in [-0.2, 0) is 13.5 Å². The second-order valence-corrected chi connectivity index (χ2v) is 6.27. The highest BCUT2D eigenvalue weighted by atomic mass is 19.1. The van der Waals surface area contributed by atoms with Gasteiger partial charge in [-0.25, -0.2) is 22.6 Å². The van der Waals surface area contributed by atoms with Gasteiger partial charge in [-0.3, -0.25) is 9.78 Å². The molecule has 0 bridgehead atoms. The smallest absolute Gasteiger partial charge is 0.343 e. The molecule has 0 saturated heterocycles. The fourth-order valence-corrected chi connectivity index (χ4v) is 2.19. The van der Waals surface area contributed by atoms with Crippen LogP contribution in [0.1, 0.15) is 30.0 Å². The van der Waals surface area contributed by atoms with Crippen molar-refractivity contribution in [2.24, 2.45) is 12.5 Å². The fourth-order valence-electron chi connectivity index (χ4n) is 2.19. The largest absolute Gasteiger partial charge is 0.349 e. The first-order chi connectivity index (χ1) is 11.1. The highest BCUT2D eigenvalue weighted by molar-refractivity contribution is 5.90. The van der Waals surface area contributed by atoms with E-state index in [1.807, 2.05) is 0 Å². The Labute approximate surface area is 135 Å². The van der Waals surface area contributed by atoms with Gasteiger partial charge in [0.05, 0.1) is 0 Å². The lowest BCUT2D eigenvalue weighted by Gasteiger charge is -2.25. The van der Waals surface area contributed by atoms with Gasteiger partial charge in [-0.15, -0.1) is 5.10 Å². The van der Waals surface area contributed by atoms with E-state index in [9.17, 15) is 22.8 Å². The van der Waals surface area contributed by atoms with Crippen LogP contribution >= 0.6 is 0 Å². The van der Waals surface area contributed by atoms with Crippen LogP contribution in [0, 0.1) is 22.9 Å². The lowest BCUT2D eigenvalue weighted by Crippen LogP contribution is -2.36. The topological polar surface area (TPSA) is 79.8 Å². The van der Waals surface area contributed by atoms with Gasteiger partial charge in [0.2, 0.25) is 5.82 Å². The quantitative estimate of drug-likeness (QED) is 0.865. The number of rotatable bonds is 5. The zero-order chi connectivity index (χ0) is 18.1. The number of aromatic nitrogens is 3. The molecule has 0 aliphatic carbocycles. The fraction of sp³-hybridized carbons (Fsp3) is 0.400. The molecule has 24 heavy (non-hydrogen) atoms. The van der Waals surface area contributed by atoms with Crippen LogP contribution in [0.2, 0.25) is 0 Å². The number of hydrogen-bond acceptors (Lipinski definition) is 3. The predicted octanol–water partition coefficient (Wildman–Crippen LogP) is 1.52. The Balaban J connectivity index is 2.06. The van der Waals surface area contributed by atoms with Crippen molar-refractivity contribution in [2.75, 3.05) is 6.54 Å². The molecule has 1 aromatic carbocycles. The monoisotopic (exact) mass is 342 g/mol. The Kier molecular flexibility index (Phi) is 4.81. The summed E-state index contributed by atoms with van der Waals surface area (Å²) >= 11 is 0. The van der Waals surface area contributed by atoms with Crippen molar-refractivity contribution in [3.63, 3.8) is 0 Å². The molecule has 9 heteroatoms. The van der Waals surface area contributed by atoms with Gasteiger partial charge in [0, 0.05) is 31.3 Å². The molecule has 1 heterocycles. The molecule has 0 atom stereocenters. The number of halogens is 3. The van der Waals surface area contributed by atoms with E-state index < -0.39 is 34.5 Å². The van der Waals surface area contributed by atoms with E-state index in [2.05, 4.69) is 15.4 Å².